The number of hydrogen-bond acceptors (Lipinski definition) is 5. The van der Waals surface area contributed by atoms with Gasteiger partial charge in [0.15, 0.2) is 5.82 Å². The predicted molar refractivity (Wildman–Crippen MR) is 76.0 cm³/mol. The third-order valence-electron chi connectivity index (χ3n) is 2.82. The molecule has 4 nitrogen and oxygen atoms in total. The van der Waals surface area contributed by atoms with Crippen molar-refractivity contribution in [1.29, 1.82) is 0 Å². The number of hydrogen-bond donors (Lipinski definition) is 1. The Labute approximate surface area is 114 Å². The van der Waals surface area contributed by atoms with E-state index in [9.17, 15) is 0 Å². The average molecular weight is 271 g/mol. The van der Waals surface area contributed by atoms with Crippen LogP contribution in [0, 0.1) is 6.92 Å². The molecule has 0 radical (unpaired) electrons. The second kappa shape index (κ2) is 4.85. The van der Waals surface area contributed by atoms with Gasteiger partial charge < -0.3 is 10.3 Å². The summed E-state index contributed by atoms with van der Waals surface area (Å²) < 4.78 is 5.30. The van der Waals surface area contributed by atoms with Crippen LogP contribution in [0.3, 0.4) is 0 Å². The summed E-state index contributed by atoms with van der Waals surface area (Å²) in [6.07, 6.45) is 0.687. The van der Waals surface area contributed by atoms with Crippen LogP contribution in [0.5, 0.6) is 0 Å². The second-order valence-electron chi connectivity index (χ2n) is 4.36. The molecule has 0 aliphatic heterocycles. The van der Waals surface area contributed by atoms with Gasteiger partial charge in [-0.1, -0.05) is 22.9 Å². The van der Waals surface area contributed by atoms with Crippen LogP contribution in [0.25, 0.3) is 11.5 Å². The Bertz CT molecular complexity index is 689. The van der Waals surface area contributed by atoms with Crippen molar-refractivity contribution < 1.29 is 4.52 Å². The quantitative estimate of drug-likeness (QED) is 0.742. The summed E-state index contributed by atoms with van der Waals surface area (Å²) in [6.45, 7) is 2.01. The molecule has 0 bridgehead atoms. The first-order valence-electron chi connectivity index (χ1n) is 5.94. The highest BCUT2D eigenvalue weighted by Crippen LogP contribution is 2.26. The normalized spacial score (nSPS) is 10.8. The highest BCUT2D eigenvalue weighted by Gasteiger charge is 2.12. The van der Waals surface area contributed by atoms with Crippen molar-refractivity contribution in [2.45, 2.75) is 13.3 Å². The summed E-state index contributed by atoms with van der Waals surface area (Å²) in [5.41, 5.74) is 8.50. The van der Waals surface area contributed by atoms with Crippen molar-refractivity contribution in [3.63, 3.8) is 0 Å². The molecule has 2 N–H and O–H groups in total. The minimum absolute atomic E-state index is 0.479. The molecule has 0 saturated carbocycles. The molecule has 0 amide bonds. The van der Waals surface area contributed by atoms with Gasteiger partial charge in [-0.15, -0.1) is 11.3 Å². The molecule has 0 saturated heterocycles. The van der Waals surface area contributed by atoms with Crippen molar-refractivity contribution in [3.8, 4) is 11.5 Å². The lowest BCUT2D eigenvalue weighted by Crippen LogP contribution is -1.92. The summed E-state index contributed by atoms with van der Waals surface area (Å²) in [7, 11) is 0. The number of aromatic nitrogens is 2. The number of nitrogens with zero attached hydrogens (tertiary/aromatic N) is 2. The van der Waals surface area contributed by atoms with E-state index < -0.39 is 0 Å². The lowest BCUT2D eigenvalue weighted by Gasteiger charge is -2.01. The van der Waals surface area contributed by atoms with Gasteiger partial charge in [0.1, 0.15) is 0 Å². The van der Waals surface area contributed by atoms with E-state index in [2.05, 4.69) is 16.2 Å². The fraction of sp³-hybridized carbons (Fsp3) is 0.143. The Morgan fingerprint density at radius 2 is 2.21 bits per heavy atom. The number of anilines is 1. The van der Waals surface area contributed by atoms with Crippen LogP contribution < -0.4 is 5.73 Å². The third kappa shape index (κ3) is 2.51. The summed E-state index contributed by atoms with van der Waals surface area (Å²) in [6, 6.07) is 9.84. The van der Waals surface area contributed by atoms with Gasteiger partial charge in [0.25, 0.3) is 5.89 Å². The molecule has 0 atom stereocenters. The van der Waals surface area contributed by atoms with Gasteiger partial charge in [-0.3, -0.25) is 0 Å². The van der Waals surface area contributed by atoms with Crippen LogP contribution in [-0.2, 0) is 6.42 Å². The van der Waals surface area contributed by atoms with Gasteiger partial charge in [-0.05, 0) is 30.5 Å². The van der Waals surface area contributed by atoms with E-state index in [1.165, 1.54) is 4.88 Å². The van der Waals surface area contributed by atoms with E-state index in [4.69, 9.17) is 10.3 Å². The maximum atomic E-state index is 5.94. The topological polar surface area (TPSA) is 64.9 Å². The van der Waals surface area contributed by atoms with Gasteiger partial charge in [0, 0.05) is 17.0 Å². The molecule has 3 rings (SSSR count). The van der Waals surface area contributed by atoms with E-state index in [0.29, 0.717) is 23.8 Å². The largest absolute Gasteiger partial charge is 0.398 e. The zero-order valence-corrected chi connectivity index (χ0v) is 11.3. The Morgan fingerprint density at radius 3 is 3.00 bits per heavy atom. The van der Waals surface area contributed by atoms with Crippen molar-refractivity contribution >= 4 is 17.0 Å². The zero-order valence-electron chi connectivity index (χ0n) is 10.5. The third-order valence-corrected chi connectivity index (χ3v) is 3.70. The van der Waals surface area contributed by atoms with E-state index in [-0.39, 0.29) is 0 Å². The molecule has 0 aliphatic carbocycles. The summed E-state index contributed by atoms with van der Waals surface area (Å²) in [5.74, 6) is 1.16. The Hall–Kier alpha value is -2.14. The predicted octanol–water partition coefficient (Wildman–Crippen LogP) is 3.28. The maximum Gasteiger partial charge on any atom is 0.260 e. The zero-order chi connectivity index (χ0) is 13.2. The monoisotopic (exact) mass is 271 g/mol. The van der Waals surface area contributed by atoms with E-state index >= 15 is 0 Å². The van der Waals surface area contributed by atoms with Crippen LogP contribution in [0.15, 0.2) is 40.2 Å². The molecule has 0 spiro atoms. The van der Waals surface area contributed by atoms with Crippen molar-refractivity contribution in [2.75, 3.05) is 5.73 Å². The fourth-order valence-corrected chi connectivity index (χ4v) is 2.56. The number of benzene rings is 1. The van der Waals surface area contributed by atoms with E-state index in [0.717, 1.165) is 11.1 Å². The van der Waals surface area contributed by atoms with Crippen LogP contribution in [0.4, 0.5) is 5.69 Å². The SMILES string of the molecule is Cc1ccc(N)c(-c2nc(Cc3cccs3)no2)c1. The molecular weight excluding hydrogens is 258 g/mol. The lowest BCUT2D eigenvalue weighted by atomic mass is 10.1. The van der Waals surface area contributed by atoms with Crippen LogP contribution in [0.2, 0.25) is 0 Å². The van der Waals surface area contributed by atoms with Crippen molar-refractivity contribution in [2.24, 2.45) is 0 Å². The summed E-state index contributed by atoms with van der Waals surface area (Å²) in [4.78, 5) is 5.62. The van der Waals surface area contributed by atoms with E-state index in [1.807, 2.05) is 36.6 Å². The Kier molecular flexibility index (Phi) is 3.05. The molecule has 0 aliphatic rings. The molecule has 96 valence electrons. The van der Waals surface area contributed by atoms with Crippen LogP contribution in [0.1, 0.15) is 16.3 Å². The highest BCUT2D eigenvalue weighted by molar-refractivity contribution is 7.09. The first-order valence-corrected chi connectivity index (χ1v) is 6.82. The molecule has 1 aromatic carbocycles. The Balaban J connectivity index is 1.90. The minimum atomic E-state index is 0.479. The van der Waals surface area contributed by atoms with Gasteiger partial charge in [0.2, 0.25) is 0 Å². The molecule has 3 aromatic rings. The van der Waals surface area contributed by atoms with Gasteiger partial charge in [0.05, 0.1) is 5.56 Å². The maximum absolute atomic E-state index is 5.94. The van der Waals surface area contributed by atoms with Gasteiger partial charge >= 0.3 is 0 Å². The lowest BCUT2D eigenvalue weighted by molar-refractivity contribution is 0.424. The number of aryl methyl sites for hydroxylation is 1. The molecule has 0 unspecified atom stereocenters. The summed E-state index contributed by atoms with van der Waals surface area (Å²) >= 11 is 1.68. The smallest absolute Gasteiger partial charge is 0.260 e. The van der Waals surface area contributed by atoms with Crippen LogP contribution >= 0.6 is 11.3 Å². The van der Waals surface area contributed by atoms with Gasteiger partial charge in [-0.2, -0.15) is 4.98 Å². The summed E-state index contributed by atoms with van der Waals surface area (Å²) in [5, 5.41) is 6.04. The van der Waals surface area contributed by atoms with E-state index in [1.54, 1.807) is 11.3 Å². The van der Waals surface area contributed by atoms with Gasteiger partial charge in [-0.25, -0.2) is 0 Å². The standard InChI is InChI=1S/C14H13N3OS/c1-9-4-5-12(15)11(7-9)14-16-13(17-18-14)8-10-3-2-6-19-10/h2-7H,8,15H2,1H3. The molecular formula is C14H13N3OS. The number of thiophene rings is 1. The van der Waals surface area contributed by atoms with Crippen LogP contribution in [-0.4, -0.2) is 10.1 Å². The fourth-order valence-electron chi connectivity index (χ4n) is 1.86. The second-order valence-corrected chi connectivity index (χ2v) is 5.39. The number of rotatable bonds is 3. The number of nitrogens with two attached hydrogens (primary N) is 1. The molecule has 19 heavy (non-hydrogen) atoms. The molecule has 5 heteroatoms. The first kappa shape index (κ1) is 11.9. The van der Waals surface area contributed by atoms with Crippen molar-refractivity contribution in [1.82, 2.24) is 10.1 Å². The molecule has 2 aromatic heterocycles. The molecule has 0 fully saturated rings. The minimum Gasteiger partial charge on any atom is -0.398 e. The first-order chi connectivity index (χ1) is 9.22. The average Bonchev–Trinajstić information content (AvgIpc) is 3.04. The number of nitrogen functional groups attached to an aromatic ring is 1. The Morgan fingerprint density at radius 1 is 1.32 bits per heavy atom. The molecule has 2 heterocycles. The highest BCUT2D eigenvalue weighted by atomic mass is 32.1. The van der Waals surface area contributed by atoms with Crippen molar-refractivity contribution in [3.05, 3.63) is 52.0 Å².